The number of rotatable bonds is 2. The molecule has 0 amide bonds. The molecule has 0 unspecified atom stereocenters. The zero-order valence-electron chi connectivity index (χ0n) is 11.4. The molecule has 3 nitrogen and oxygen atoms in total. The molecule has 0 radical (unpaired) electrons. The van der Waals surface area contributed by atoms with E-state index < -0.39 is 29.2 Å². The Morgan fingerprint density at radius 1 is 0.870 bits per heavy atom. The van der Waals surface area contributed by atoms with Gasteiger partial charge in [-0.25, -0.2) is 0 Å². The van der Waals surface area contributed by atoms with Crippen LogP contribution in [0.3, 0.4) is 0 Å². The van der Waals surface area contributed by atoms with Crippen LogP contribution in [0.15, 0.2) is 54.3 Å². The summed E-state index contributed by atoms with van der Waals surface area (Å²) in [5.74, 6) is -0.583. The standard InChI is InChI=1S/C14H12F6N2O/c15-13(16,17)11(14(18,19)20)8-10(6-7-12(11,21)22)23-9-4-2-1-3-5-9/h1-8H,21-22H2. The molecule has 23 heavy (non-hydrogen) atoms. The van der Waals surface area contributed by atoms with Gasteiger partial charge >= 0.3 is 12.4 Å². The molecule has 2 rings (SSSR count). The Hall–Kier alpha value is -2.00. The molecule has 0 saturated heterocycles. The summed E-state index contributed by atoms with van der Waals surface area (Å²) in [5, 5.41) is 0. The fourth-order valence-electron chi connectivity index (χ4n) is 2.24. The second-order valence-corrected chi connectivity index (χ2v) is 5.03. The van der Waals surface area contributed by atoms with Crippen molar-refractivity contribution in [2.24, 2.45) is 16.9 Å². The third kappa shape index (κ3) is 2.81. The summed E-state index contributed by atoms with van der Waals surface area (Å²) in [4.78, 5) is 0. The molecular formula is C14H12F6N2O. The molecule has 0 heterocycles. The van der Waals surface area contributed by atoms with Crippen molar-refractivity contribution >= 4 is 0 Å². The van der Waals surface area contributed by atoms with E-state index in [-0.39, 0.29) is 11.8 Å². The van der Waals surface area contributed by atoms with Crippen LogP contribution in [0.1, 0.15) is 0 Å². The molecular weight excluding hydrogens is 326 g/mol. The third-order valence-corrected chi connectivity index (χ3v) is 3.44. The molecule has 9 heteroatoms. The fraction of sp³-hybridized carbons (Fsp3) is 0.286. The van der Waals surface area contributed by atoms with Crippen LogP contribution in [0, 0.1) is 5.41 Å². The van der Waals surface area contributed by atoms with E-state index in [0.717, 1.165) is 6.08 Å². The number of allylic oxidation sites excluding steroid dienone is 1. The van der Waals surface area contributed by atoms with Gasteiger partial charge in [-0.05, 0) is 30.4 Å². The second kappa shape index (κ2) is 5.27. The molecule has 0 aromatic heterocycles. The van der Waals surface area contributed by atoms with E-state index >= 15 is 0 Å². The molecule has 126 valence electrons. The Morgan fingerprint density at radius 2 is 1.39 bits per heavy atom. The Labute approximate surface area is 127 Å². The molecule has 0 spiro atoms. The van der Waals surface area contributed by atoms with Crippen LogP contribution in [0.2, 0.25) is 0 Å². The molecule has 0 atom stereocenters. The molecule has 0 fully saturated rings. The van der Waals surface area contributed by atoms with Crippen LogP contribution in [-0.2, 0) is 0 Å². The first kappa shape index (κ1) is 17.4. The van der Waals surface area contributed by atoms with E-state index in [4.69, 9.17) is 16.2 Å². The smallest absolute Gasteiger partial charge is 0.410 e. The highest BCUT2D eigenvalue weighted by Crippen LogP contribution is 2.57. The molecule has 1 aromatic rings. The van der Waals surface area contributed by atoms with Crippen molar-refractivity contribution in [2.45, 2.75) is 18.0 Å². The summed E-state index contributed by atoms with van der Waals surface area (Å²) in [5.41, 5.74) is 2.60. The van der Waals surface area contributed by atoms with E-state index in [1.54, 1.807) is 6.07 Å². The zero-order valence-corrected chi connectivity index (χ0v) is 11.4. The number of benzene rings is 1. The summed E-state index contributed by atoms with van der Waals surface area (Å²) in [6, 6.07) is 7.39. The molecule has 1 aliphatic rings. The highest BCUT2D eigenvalue weighted by Gasteiger charge is 2.77. The first-order valence-corrected chi connectivity index (χ1v) is 6.27. The Bertz CT molecular complexity index is 617. The normalized spacial score (nSPS) is 20.1. The highest BCUT2D eigenvalue weighted by atomic mass is 19.4. The highest BCUT2D eigenvalue weighted by molar-refractivity contribution is 5.37. The summed E-state index contributed by atoms with van der Waals surface area (Å²) in [6.07, 6.45) is -10.4. The van der Waals surface area contributed by atoms with Gasteiger partial charge in [0.2, 0.25) is 5.41 Å². The Balaban J connectivity index is 2.56. The number of hydrogen-bond donors (Lipinski definition) is 2. The van der Waals surface area contributed by atoms with Gasteiger partial charge in [-0.2, -0.15) is 26.3 Å². The number of nitrogens with two attached hydrogens (primary N) is 2. The van der Waals surface area contributed by atoms with Crippen molar-refractivity contribution in [3.05, 3.63) is 54.3 Å². The number of ether oxygens (including phenoxy) is 1. The van der Waals surface area contributed by atoms with Crippen LogP contribution in [-0.4, -0.2) is 18.0 Å². The minimum Gasteiger partial charge on any atom is -0.458 e. The third-order valence-electron chi connectivity index (χ3n) is 3.44. The lowest BCUT2D eigenvalue weighted by atomic mass is 9.71. The van der Waals surface area contributed by atoms with E-state index in [2.05, 4.69) is 0 Å². The maximum absolute atomic E-state index is 13.3. The summed E-state index contributed by atoms with van der Waals surface area (Å²) >= 11 is 0. The molecule has 4 N–H and O–H groups in total. The average molecular weight is 338 g/mol. The van der Waals surface area contributed by atoms with Crippen molar-refractivity contribution in [1.82, 2.24) is 0 Å². The van der Waals surface area contributed by atoms with Crippen LogP contribution < -0.4 is 16.2 Å². The van der Waals surface area contributed by atoms with E-state index in [9.17, 15) is 26.3 Å². The van der Waals surface area contributed by atoms with Gasteiger partial charge in [0, 0.05) is 0 Å². The predicted octanol–water partition coefficient (Wildman–Crippen LogP) is 3.24. The van der Waals surface area contributed by atoms with Crippen LogP contribution >= 0.6 is 0 Å². The van der Waals surface area contributed by atoms with Gasteiger partial charge in [-0.3, -0.25) is 0 Å². The van der Waals surface area contributed by atoms with Gasteiger partial charge in [-0.15, -0.1) is 0 Å². The topological polar surface area (TPSA) is 61.3 Å². The van der Waals surface area contributed by atoms with Gasteiger partial charge in [0.15, 0.2) is 0 Å². The van der Waals surface area contributed by atoms with Crippen LogP contribution in [0.25, 0.3) is 0 Å². The fourth-order valence-corrected chi connectivity index (χ4v) is 2.24. The lowest BCUT2D eigenvalue weighted by Crippen LogP contribution is -2.72. The van der Waals surface area contributed by atoms with Crippen molar-refractivity contribution in [3.8, 4) is 5.75 Å². The van der Waals surface area contributed by atoms with Gasteiger partial charge in [0.25, 0.3) is 0 Å². The molecule has 0 saturated carbocycles. The minimum atomic E-state index is -5.77. The first-order chi connectivity index (χ1) is 10.4. The van der Waals surface area contributed by atoms with Crippen molar-refractivity contribution < 1.29 is 31.1 Å². The average Bonchev–Trinajstić information content (AvgIpc) is 2.39. The Morgan fingerprint density at radius 3 is 1.87 bits per heavy atom. The number of halogens is 6. The van der Waals surface area contributed by atoms with Crippen LogP contribution in [0.5, 0.6) is 5.75 Å². The SMILES string of the molecule is NC1(N)C=CC(Oc2ccccc2)=CC1(C(F)(F)F)C(F)(F)F. The quantitative estimate of drug-likeness (QED) is 0.643. The van der Waals surface area contributed by atoms with Gasteiger partial charge in [0.1, 0.15) is 17.2 Å². The maximum Gasteiger partial charge on any atom is 0.410 e. The molecule has 1 aromatic carbocycles. The maximum atomic E-state index is 13.3. The molecule has 0 bridgehead atoms. The predicted molar refractivity (Wildman–Crippen MR) is 69.9 cm³/mol. The molecule has 0 aliphatic heterocycles. The van der Waals surface area contributed by atoms with Crippen molar-refractivity contribution in [1.29, 1.82) is 0 Å². The van der Waals surface area contributed by atoms with E-state index in [1.165, 1.54) is 24.3 Å². The van der Waals surface area contributed by atoms with Crippen molar-refractivity contribution in [3.63, 3.8) is 0 Å². The molecule has 1 aliphatic carbocycles. The summed E-state index contributed by atoms with van der Waals surface area (Å²) < 4.78 is 84.8. The second-order valence-electron chi connectivity index (χ2n) is 5.03. The first-order valence-electron chi connectivity index (χ1n) is 6.27. The zero-order chi connectivity index (χ0) is 17.5. The minimum absolute atomic E-state index is 0.0724. The van der Waals surface area contributed by atoms with E-state index in [0.29, 0.717) is 6.08 Å². The summed E-state index contributed by atoms with van der Waals surface area (Å²) in [7, 11) is 0. The Kier molecular flexibility index (Phi) is 3.98. The lowest BCUT2D eigenvalue weighted by Gasteiger charge is -2.45. The number of alkyl halides is 6. The summed E-state index contributed by atoms with van der Waals surface area (Å²) in [6.45, 7) is 0. The largest absolute Gasteiger partial charge is 0.458 e. The van der Waals surface area contributed by atoms with Gasteiger partial charge in [-0.1, -0.05) is 18.2 Å². The van der Waals surface area contributed by atoms with Gasteiger partial charge in [0.05, 0.1) is 0 Å². The van der Waals surface area contributed by atoms with Crippen molar-refractivity contribution in [2.75, 3.05) is 0 Å². The number of para-hydroxylation sites is 1. The monoisotopic (exact) mass is 338 g/mol. The van der Waals surface area contributed by atoms with E-state index in [1.807, 2.05) is 0 Å². The number of hydrogen-bond acceptors (Lipinski definition) is 3. The lowest BCUT2D eigenvalue weighted by molar-refractivity contribution is -0.337. The van der Waals surface area contributed by atoms with Crippen LogP contribution in [0.4, 0.5) is 26.3 Å². The van der Waals surface area contributed by atoms with Gasteiger partial charge < -0.3 is 16.2 Å².